The van der Waals surface area contributed by atoms with Gasteiger partial charge < -0.3 is 10.1 Å². The zero-order valence-corrected chi connectivity index (χ0v) is 17.8. The maximum absolute atomic E-state index is 12.4. The van der Waals surface area contributed by atoms with Crippen LogP contribution in [0.3, 0.4) is 0 Å². The molecule has 31 heavy (non-hydrogen) atoms. The SMILES string of the molecule is CCOC(=O)c1c(NC(=O)C(=O)N/N=C/c2cccc3ccccc23)sc2c1CCC2. The Hall–Kier alpha value is -3.52. The van der Waals surface area contributed by atoms with Gasteiger partial charge in [-0.1, -0.05) is 42.5 Å². The van der Waals surface area contributed by atoms with E-state index in [1.54, 1.807) is 6.92 Å². The van der Waals surface area contributed by atoms with E-state index >= 15 is 0 Å². The lowest BCUT2D eigenvalue weighted by Gasteiger charge is -2.07. The number of anilines is 1. The number of benzene rings is 2. The van der Waals surface area contributed by atoms with Crippen molar-refractivity contribution in [1.82, 2.24) is 5.43 Å². The highest BCUT2D eigenvalue weighted by Crippen LogP contribution is 2.39. The van der Waals surface area contributed by atoms with Crippen molar-refractivity contribution < 1.29 is 19.1 Å². The first-order chi connectivity index (χ1) is 15.1. The minimum absolute atomic E-state index is 0.236. The molecular formula is C23H21N3O4S. The number of fused-ring (bicyclic) bond motifs is 2. The molecule has 0 radical (unpaired) electrons. The third kappa shape index (κ3) is 4.34. The molecule has 0 saturated heterocycles. The maximum Gasteiger partial charge on any atom is 0.341 e. The van der Waals surface area contributed by atoms with E-state index in [1.165, 1.54) is 17.6 Å². The van der Waals surface area contributed by atoms with Gasteiger partial charge in [0.2, 0.25) is 0 Å². The first-order valence-electron chi connectivity index (χ1n) is 10.0. The van der Waals surface area contributed by atoms with Crippen LogP contribution >= 0.6 is 11.3 Å². The molecule has 0 bridgehead atoms. The van der Waals surface area contributed by atoms with Gasteiger partial charge in [-0.2, -0.15) is 5.10 Å². The molecule has 0 spiro atoms. The Morgan fingerprint density at radius 2 is 1.90 bits per heavy atom. The van der Waals surface area contributed by atoms with Crippen molar-refractivity contribution in [1.29, 1.82) is 0 Å². The third-order valence-electron chi connectivity index (χ3n) is 5.03. The van der Waals surface area contributed by atoms with Gasteiger partial charge in [0.05, 0.1) is 18.4 Å². The number of hydrogen-bond acceptors (Lipinski definition) is 6. The van der Waals surface area contributed by atoms with Crippen molar-refractivity contribution in [3.05, 3.63) is 64.0 Å². The molecular weight excluding hydrogens is 414 g/mol. The summed E-state index contributed by atoms with van der Waals surface area (Å²) < 4.78 is 5.14. The number of nitrogens with zero attached hydrogens (tertiary/aromatic N) is 1. The number of carbonyl (C=O) groups is 3. The van der Waals surface area contributed by atoms with Crippen molar-refractivity contribution in [3.63, 3.8) is 0 Å². The third-order valence-corrected chi connectivity index (χ3v) is 6.23. The fourth-order valence-corrected chi connectivity index (χ4v) is 4.92. The summed E-state index contributed by atoms with van der Waals surface area (Å²) in [5.41, 5.74) is 4.33. The van der Waals surface area contributed by atoms with Crippen LogP contribution in [0.5, 0.6) is 0 Å². The van der Waals surface area contributed by atoms with Gasteiger partial charge in [-0.3, -0.25) is 9.59 Å². The highest BCUT2D eigenvalue weighted by atomic mass is 32.1. The van der Waals surface area contributed by atoms with E-state index in [-0.39, 0.29) is 6.61 Å². The lowest BCUT2D eigenvalue weighted by atomic mass is 10.1. The summed E-state index contributed by atoms with van der Waals surface area (Å²) in [4.78, 5) is 38.1. The molecule has 1 aromatic heterocycles. The van der Waals surface area contributed by atoms with Gasteiger partial charge in [0.1, 0.15) is 5.00 Å². The predicted octanol–water partition coefficient (Wildman–Crippen LogP) is 3.66. The number of ether oxygens (including phenoxy) is 1. The summed E-state index contributed by atoms with van der Waals surface area (Å²) in [5.74, 6) is -2.29. The number of hydrogen-bond donors (Lipinski definition) is 2. The van der Waals surface area contributed by atoms with E-state index in [4.69, 9.17) is 4.74 Å². The van der Waals surface area contributed by atoms with Crippen LogP contribution in [0.4, 0.5) is 5.00 Å². The predicted molar refractivity (Wildman–Crippen MR) is 121 cm³/mol. The van der Waals surface area contributed by atoms with Crippen molar-refractivity contribution in [2.45, 2.75) is 26.2 Å². The van der Waals surface area contributed by atoms with Crippen LogP contribution in [0.25, 0.3) is 10.8 Å². The van der Waals surface area contributed by atoms with Crippen LogP contribution in [-0.4, -0.2) is 30.6 Å². The lowest BCUT2D eigenvalue weighted by molar-refractivity contribution is -0.136. The monoisotopic (exact) mass is 435 g/mol. The molecule has 0 aliphatic heterocycles. The molecule has 1 aliphatic carbocycles. The van der Waals surface area contributed by atoms with Gasteiger partial charge in [-0.05, 0) is 42.5 Å². The molecule has 0 fully saturated rings. The van der Waals surface area contributed by atoms with E-state index in [0.717, 1.165) is 46.0 Å². The Morgan fingerprint density at radius 3 is 2.74 bits per heavy atom. The number of nitrogens with one attached hydrogen (secondary N) is 2. The number of carbonyl (C=O) groups excluding carboxylic acids is 3. The first-order valence-corrected chi connectivity index (χ1v) is 10.8. The fourth-order valence-electron chi connectivity index (χ4n) is 3.65. The Balaban J connectivity index is 1.45. The number of esters is 1. The second-order valence-electron chi connectivity index (χ2n) is 7.00. The summed E-state index contributed by atoms with van der Waals surface area (Å²) in [6, 6.07) is 13.6. The van der Waals surface area contributed by atoms with Crippen molar-refractivity contribution in [3.8, 4) is 0 Å². The van der Waals surface area contributed by atoms with Crippen molar-refractivity contribution >= 4 is 51.1 Å². The molecule has 0 atom stereocenters. The maximum atomic E-state index is 12.4. The van der Waals surface area contributed by atoms with Crippen LogP contribution in [0.2, 0.25) is 0 Å². The Bertz CT molecular complexity index is 1190. The van der Waals surface area contributed by atoms with E-state index in [9.17, 15) is 14.4 Å². The zero-order chi connectivity index (χ0) is 21.8. The number of thiophene rings is 1. The lowest BCUT2D eigenvalue weighted by Crippen LogP contribution is -2.32. The molecule has 0 unspecified atom stereocenters. The van der Waals surface area contributed by atoms with Crippen LogP contribution in [0.1, 0.15) is 39.7 Å². The smallest absolute Gasteiger partial charge is 0.341 e. The van der Waals surface area contributed by atoms with Crippen LogP contribution < -0.4 is 10.7 Å². The molecule has 1 aliphatic rings. The standard InChI is InChI=1S/C23H21N3O4S/c1-2-30-23(29)19-17-11-6-12-18(17)31-22(19)25-20(27)21(28)26-24-13-15-9-5-8-14-7-3-4-10-16(14)15/h3-5,7-10,13H,2,6,11-12H2,1H3,(H,25,27)(H,26,28)/b24-13+. The van der Waals surface area contributed by atoms with Gasteiger partial charge in [0.25, 0.3) is 0 Å². The quantitative estimate of drug-likeness (QED) is 0.277. The molecule has 3 aromatic rings. The van der Waals surface area contributed by atoms with Gasteiger partial charge in [-0.15, -0.1) is 11.3 Å². The molecule has 2 N–H and O–H groups in total. The van der Waals surface area contributed by atoms with Crippen LogP contribution in [0.15, 0.2) is 47.6 Å². The minimum atomic E-state index is -0.917. The van der Waals surface area contributed by atoms with Crippen LogP contribution in [-0.2, 0) is 27.2 Å². The Morgan fingerprint density at radius 1 is 1.10 bits per heavy atom. The zero-order valence-electron chi connectivity index (χ0n) is 16.9. The number of amides is 2. The van der Waals surface area contributed by atoms with Crippen molar-refractivity contribution in [2.75, 3.05) is 11.9 Å². The van der Waals surface area contributed by atoms with Crippen molar-refractivity contribution in [2.24, 2.45) is 5.10 Å². The molecule has 2 amide bonds. The van der Waals surface area contributed by atoms with Gasteiger partial charge >= 0.3 is 17.8 Å². The molecule has 0 saturated carbocycles. The highest BCUT2D eigenvalue weighted by molar-refractivity contribution is 7.17. The molecule has 4 rings (SSSR count). The van der Waals surface area contributed by atoms with E-state index < -0.39 is 17.8 Å². The van der Waals surface area contributed by atoms with E-state index in [0.29, 0.717) is 10.6 Å². The molecule has 2 aromatic carbocycles. The molecule has 1 heterocycles. The largest absolute Gasteiger partial charge is 0.462 e. The molecule has 7 nitrogen and oxygen atoms in total. The summed E-state index contributed by atoms with van der Waals surface area (Å²) in [6.07, 6.45) is 4.07. The minimum Gasteiger partial charge on any atom is -0.462 e. The van der Waals surface area contributed by atoms with E-state index in [2.05, 4.69) is 15.8 Å². The summed E-state index contributed by atoms with van der Waals surface area (Å²) >= 11 is 1.32. The Kier molecular flexibility index (Phi) is 6.08. The topological polar surface area (TPSA) is 96.9 Å². The first kappa shape index (κ1) is 20.7. The highest BCUT2D eigenvalue weighted by Gasteiger charge is 2.29. The molecule has 8 heteroatoms. The second-order valence-corrected chi connectivity index (χ2v) is 8.11. The number of hydrazone groups is 1. The average molecular weight is 436 g/mol. The van der Waals surface area contributed by atoms with E-state index in [1.807, 2.05) is 42.5 Å². The number of rotatable bonds is 5. The normalized spacial score (nSPS) is 12.7. The Labute approximate surface area is 183 Å². The second kappa shape index (κ2) is 9.09. The van der Waals surface area contributed by atoms with Gasteiger partial charge in [-0.25, -0.2) is 10.2 Å². The average Bonchev–Trinajstić information content (AvgIpc) is 3.34. The van der Waals surface area contributed by atoms with Gasteiger partial charge in [0, 0.05) is 10.4 Å². The summed E-state index contributed by atoms with van der Waals surface area (Å²) in [7, 11) is 0. The summed E-state index contributed by atoms with van der Waals surface area (Å²) in [6.45, 7) is 1.96. The molecule has 158 valence electrons. The number of aryl methyl sites for hydroxylation is 1. The van der Waals surface area contributed by atoms with Crippen LogP contribution in [0, 0.1) is 0 Å². The fraction of sp³-hybridized carbons (Fsp3) is 0.217. The van der Waals surface area contributed by atoms with Gasteiger partial charge in [0.15, 0.2) is 0 Å². The summed E-state index contributed by atoms with van der Waals surface area (Å²) in [5, 5.41) is 8.85.